The van der Waals surface area contributed by atoms with Gasteiger partial charge < -0.3 is 9.47 Å². The van der Waals surface area contributed by atoms with E-state index in [1.807, 2.05) is 0 Å². The molecule has 1 aliphatic heterocycles. The molecule has 0 bridgehead atoms. The van der Waals surface area contributed by atoms with E-state index in [9.17, 15) is 18.5 Å². The second kappa shape index (κ2) is 5.94. The van der Waals surface area contributed by atoms with Crippen LogP contribution in [0.15, 0.2) is 23.1 Å². The Labute approximate surface area is 120 Å². The first-order valence-electron chi connectivity index (χ1n) is 5.85. The van der Waals surface area contributed by atoms with E-state index in [4.69, 9.17) is 20.2 Å². The van der Waals surface area contributed by atoms with Crippen molar-refractivity contribution in [3.8, 4) is 5.75 Å². The van der Waals surface area contributed by atoms with Gasteiger partial charge in [0.2, 0.25) is 0 Å². The van der Waals surface area contributed by atoms with E-state index in [2.05, 4.69) is 0 Å². The van der Waals surface area contributed by atoms with E-state index >= 15 is 0 Å². The van der Waals surface area contributed by atoms with Crippen LogP contribution in [0, 0.1) is 10.1 Å². The number of benzene rings is 1. The summed E-state index contributed by atoms with van der Waals surface area (Å²) in [5.74, 6) is -0.0129. The fourth-order valence-corrected chi connectivity index (χ4v) is 2.87. The van der Waals surface area contributed by atoms with Crippen molar-refractivity contribution in [1.82, 2.24) is 0 Å². The average Bonchev–Trinajstić information content (AvgIpc) is 2.88. The van der Waals surface area contributed by atoms with Crippen LogP contribution < -0.4 is 4.74 Å². The van der Waals surface area contributed by atoms with Gasteiger partial charge in [0.1, 0.15) is 17.3 Å². The molecule has 1 heterocycles. The van der Waals surface area contributed by atoms with Crippen molar-refractivity contribution in [2.75, 3.05) is 13.2 Å². The Morgan fingerprint density at radius 2 is 2.25 bits per heavy atom. The van der Waals surface area contributed by atoms with Crippen molar-refractivity contribution in [2.45, 2.75) is 23.8 Å². The summed E-state index contributed by atoms with van der Waals surface area (Å²) in [6.07, 6.45) is 1.65. The minimum Gasteiger partial charge on any atom is -0.489 e. The average molecular weight is 322 g/mol. The Bertz CT molecular complexity index is 611. The van der Waals surface area contributed by atoms with Gasteiger partial charge in [0, 0.05) is 29.4 Å². The third kappa shape index (κ3) is 3.59. The quantitative estimate of drug-likeness (QED) is 0.468. The minimum atomic E-state index is -4.13. The van der Waals surface area contributed by atoms with Gasteiger partial charge in [0.25, 0.3) is 14.7 Å². The lowest BCUT2D eigenvalue weighted by molar-refractivity contribution is -0.385. The zero-order valence-electron chi connectivity index (χ0n) is 10.3. The van der Waals surface area contributed by atoms with Crippen LogP contribution >= 0.6 is 10.7 Å². The second-order valence-corrected chi connectivity index (χ2v) is 6.81. The van der Waals surface area contributed by atoms with Crippen molar-refractivity contribution >= 4 is 25.4 Å². The molecule has 110 valence electrons. The maximum Gasteiger partial charge on any atom is 0.271 e. The summed E-state index contributed by atoms with van der Waals surface area (Å²) in [5, 5.41) is 10.7. The van der Waals surface area contributed by atoms with Gasteiger partial charge in [-0.15, -0.1) is 0 Å². The van der Waals surface area contributed by atoms with E-state index in [0.29, 0.717) is 6.61 Å². The molecule has 20 heavy (non-hydrogen) atoms. The minimum absolute atomic E-state index is 0.0129. The van der Waals surface area contributed by atoms with Gasteiger partial charge in [-0.2, -0.15) is 0 Å². The highest BCUT2D eigenvalue weighted by Crippen LogP contribution is 2.31. The standard InChI is InChI=1S/C11H12ClNO6S/c12-20(16,17)11-6-8(13(14)15)3-4-10(11)19-7-9-2-1-5-18-9/h3-4,6,9H,1-2,5,7H2. The molecule has 0 N–H and O–H groups in total. The molecular weight excluding hydrogens is 310 g/mol. The summed E-state index contributed by atoms with van der Waals surface area (Å²) in [6.45, 7) is 0.826. The van der Waals surface area contributed by atoms with Gasteiger partial charge >= 0.3 is 0 Å². The molecule has 1 saturated heterocycles. The highest BCUT2D eigenvalue weighted by Gasteiger charge is 2.23. The summed E-state index contributed by atoms with van der Waals surface area (Å²) in [5.41, 5.74) is -0.367. The normalized spacial score (nSPS) is 18.9. The van der Waals surface area contributed by atoms with E-state index in [1.54, 1.807) is 0 Å². The lowest BCUT2D eigenvalue weighted by Crippen LogP contribution is -2.17. The molecular formula is C11H12ClNO6S. The number of nitro benzene ring substituents is 1. The first-order valence-corrected chi connectivity index (χ1v) is 8.16. The Morgan fingerprint density at radius 3 is 2.80 bits per heavy atom. The molecule has 1 aromatic rings. The van der Waals surface area contributed by atoms with Gasteiger partial charge in [0.05, 0.1) is 11.0 Å². The summed E-state index contributed by atoms with van der Waals surface area (Å²) in [7, 11) is 1.14. The monoisotopic (exact) mass is 321 g/mol. The molecule has 1 unspecified atom stereocenters. The highest BCUT2D eigenvalue weighted by atomic mass is 35.7. The number of non-ortho nitro benzene ring substituents is 1. The van der Waals surface area contributed by atoms with Crippen LogP contribution in [0.4, 0.5) is 5.69 Å². The van der Waals surface area contributed by atoms with Crippen LogP contribution in [0.3, 0.4) is 0 Å². The highest BCUT2D eigenvalue weighted by molar-refractivity contribution is 8.13. The smallest absolute Gasteiger partial charge is 0.271 e. The molecule has 0 aliphatic carbocycles. The van der Waals surface area contributed by atoms with Gasteiger partial charge in [-0.3, -0.25) is 10.1 Å². The molecule has 0 aromatic heterocycles. The van der Waals surface area contributed by atoms with Crippen molar-refractivity contribution in [3.05, 3.63) is 28.3 Å². The molecule has 1 fully saturated rings. The summed E-state index contributed by atoms with van der Waals surface area (Å²) < 4.78 is 33.6. The first kappa shape index (κ1) is 15.0. The Morgan fingerprint density at radius 1 is 1.50 bits per heavy atom. The molecule has 7 nitrogen and oxygen atoms in total. The topological polar surface area (TPSA) is 95.7 Å². The van der Waals surface area contributed by atoms with E-state index < -0.39 is 18.9 Å². The van der Waals surface area contributed by atoms with E-state index in [-0.39, 0.29) is 24.1 Å². The Balaban J connectivity index is 2.24. The first-order chi connectivity index (χ1) is 9.38. The maximum atomic E-state index is 11.5. The molecule has 1 aromatic carbocycles. The maximum absolute atomic E-state index is 11.5. The summed E-state index contributed by atoms with van der Waals surface area (Å²) >= 11 is 0. The fraction of sp³-hybridized carbons (Fsp3) is 0.455. The van der Waals surface area contributed by atoms with Crippen molar-refractivity contribution in [1.29, 1.82) is 0 Å². The van der Waals surface area contributed by atoms with Gasteiger partial charge in [-0.25, -0.2) is 8.42 Å². The number of ether oxygens (including phenoxy) is 2. The van der Waals surface area contributed by atoms with Crippen molar-refractivity contribution in [2.24, 2.45) is 0 Å². The molecule has 9 heteroatoms. The van der Waals surface area contributed by atoms with Gasteiger partial charge in [-0.05, 0) is 18.9 Å². The largest absolute Gasteiger partial charge is 0.489 e. The predicted octanol–water partition coefficient (Wildman–Crippen LogP) is 2.08. The molecule has 1 aliphatic rings. The predicted molar refractivity (Wildman–Crippen MR) is 70.6 cm³/mol. The van der Waals surface area contributed by atoms with Crippen LogP contribution in [-0.2, 0) is 13.8 Å². The zero-order chi connectivity index (χ0) is 14.8. The molecule has 1 atom stereocenters. The Kier molecular flexibility index (Phi) is 4.46. The van der Waals surface area contributed by atoms with Gasteiger partial charge in [-0.1, -0.05) is 0 Å². The van der Waals surface area contributed by atoms with Crippen LogP contribution in [-0.4, -0.2) is 32.7 Å². The molecule has 0 radical (unpaired) electrons. The number of rotatable bonds is 5. The van der Waals surface area contributed by atoms with Crippen molar-refractivity contribution in [3.63, 3.8) is 0 Å². The third-order valence-electron chi connectivity index (χ3n) is 2.85. The number of halogens is 1. The molecule has 0 spiro atoms. The van der Waals surface area contributed by atoms with Crippen molar-refractivity contribution < 1.29 is 22.8 Å². The number of nitrogens with zero attached hydrogens (tertiary/aromatic N) is 1. The second-order valence-electron chi connectivity index (χ2n) is 4.27. The zero-order valence-corrected chi connectivity index (χ0v) is 11.9. The third-order valence-corrected chi connectivity index (χ3v) is 4.19. The summed E-state index contributed by atoms with van der Waals surface area (Å²) in [4.78, 5) is 9.56. The van der Waals surface area contributed by atoms with Crippen LogP contribution in [0.25, 0.3) is 0 Å². The molecule has 0 amide bonds. The Hall–Kier alpha value is -1.38. The van der Waals surface area contributed by atoms with Gasteiger partial charge in [0.15, 0.2) is 0 Å². The van der Waals surface area contributed by atoms with E-state index in [0.717, 1.165) is 25.0 Å². The van der Waals surface area contributed by atoms with Crippen LogP contribution in [0.1, 0.15) is 12.8 Å². The number of hydrogen-bond donors (Lipinski definition) is 0. The number of nitro groups is 1. The van der Waals surface area contributed by atoms with Crippen LogP contribution in [0.5, 0.6) is 5.75 Å². The SMILES string of the molecule is O=[N+]([O-])c1ccc(OCC2CCCO2)c(S(=O)(=O)Cl)c1. The van der Waals surface area contributed by atoms with Crippen LogP contribution in [0.2, 0.25) is 0 Å². The lowest BCUT2D eigenvalue weighted by Gasteiger charge is -2.13. The van der Waals surface area contributed by atoms with E-state index in [1.165, 1.54) is 6.07 Å². The lowest BCUT2D eigenvalue weighted by atomic mass is 10.2. The number of hydrogen-bond acceptors (Lipinski definition) is 6. The molecule has 2 rings (SSSR count). The molecule has 0 saturated carbocycles. The fourth-order valence-electron chi connectivity index (χ4n) is 1.88. The summed E-state index contributed by atoms with van der Waals surface area (Å²) in [6, 6.07) is 3.27.